The summed E-state index contributed by atoms with van der Waals surface area (Å²) in [5.41, 5.74) is 3.44. The molecule has 0 saturated heterocycles. The van der Waals surface area contributed by atoms with Crippen molar-refractivity contribution in [2.45, 2.75) is 39.4 Å². The first-order valence-electron chi connectivity index (χ1n) is 12.1. The van der Waals surface area contributed by atoms with Crippen molar-refractivity contribution < 1.29 is 4.52 Å². The number of para-hydroxylation sites is 1. The van der Waals surface area contributed by atoms with E-state index < -0.39 is 7.28 Å². The van der Waals surface area contributed by atoms with Crippen molar-refractivity contribution in [3.8, 4) is 5.75 Å². The van der Waals surface area contributed by atoms with Crippen molar-refractivity contribution in [3.63, 3.8) is 0 Å². The summed E-state index contributed by atoms with van der Waals surface area (Å²) in [7, 11) is -2.60. The van der Waals surface area contributed by atoms with Gasteiger partial charge < -0.3 is 9.09 Å². The average Bonchev–Trinajstić information content (AvgIpc) is 3.17. The largest absolute Gasteiger partial charge is 0.455 e. The van der Waals surface area contributed by atoms with Gasteiger partial charge in [-0.2, -0.15) is 0 Å². The van der Waals surface area contributed by atoms with Gasteiger partial charge in [-0.15, -0.1) is 0 Å². The van der Waals surface area contributed by atoms with Crippen molar-refractivity contribution in [1.29, 1.82) is 0 Å². The number of halogens is 2. The fraction of sp³-hybridized carbons (Fsp3) is 0.200. The molecule has 6 heteroatoms. The van der Waals surface area contributed by atoms with Crippen LogP contribution in [0.4, 0.5) is 5.69 Å². The lowest BCUT2D eigenvalue weighted by atomic mass is 10.1. The maximum atomic E-state index is 7.07. The van der Waals surface area contributed by atoms with Gasteiger partial charge in [-0.25, -0.2) is 4.74 Å². The predicted octanol–water partition coefficient (Wildman–Crippen LogP) is 10.1. The van der Waals surface area contributed by atoms with Gasteiger partial charge in [0.2, 0.25) is 0 Å². The van der Waals surface area contributed by atoms with E-state index in [-0.39, 0.29) is 5.16 Å². The van der Waals surface area contributed by atoms with E-state index in [2.05, 4.69) is 138 Å². The van der Waals surface area contributed by atoms with Crippen LogP contribution in [0.3, 0.4) is 0 Å². The molecular weight excluding hydrogens is 642 g/mol. The quantitative estimate of drug-likeness (QED) is 0.135. The molecular formula is C30H29BrIN2OP. The molecule has 0 unspecified atom stereocenters. The van der Waals surface area contributed by atoms with Crippen molar-refractivity contribution in [2.24, 2.45) is 4.74 Å². The van der Waals surface area contributed by atoms with Crippen molar-refractivity contribution in [3.05, 3.63) is 99.0 Å². The van der Waals surface area contributed by atoms with Crippen LogP contribution in [0.5, 0.6) is 5.75 Å². The minimum absolute atomic E-state index is 0.255. The highest BCUT2D eigenvalue weighted by atomic mass is 127. The number of benzene rings is 4. The second-order valence-corrected chi connectivity index (χ2v) is 15.4. The lowest BCUT2D eigenvalue weighted by Crippen LogP contribution is -2.27. The zero-order valence-electron chi connectivity index (χ0n) is 20.9. The van der Waals surface area contributed by atoms with Gasteiger partial charge in [0.1, 0.15) is 5.75 Å². The van der Waals surface area contributed by atoms with Gasteiger partial charge in [0.25, 0.3) is 0 Å². The minimum atomic E-state index is -2.60. The second kappa shape index (κ2) is 10.00. The number of aryl methyl sites for hydroxylation is 1. The first kappa shape index (κ1) is 25.6. The molecule has 0 fully saturated rings. The average molecular weight is 671 g/mol. The van der Waals surface area contributed by atoms with E-state index in [0.29, 0.717) is 0 Å². The Kier molecular flexibility index (Phi) is 7.10. The summed E-state index contributed by atoms with van der Waals surface area (Å²) >= 11 is 5.96. The van der Waals surface area contributed by atoms with E-state index >= 15 is 0 Å². The topological polar surface area (TPSA) is 26.5 Å². The second-order valence-electron chi connectivity index (χ2n) is 9.83. The summed E-state index contributed by atoms with van der Waals surface area (Å²) < 4.78 is 17.1. The Bertz CT molecular complexity index is 1620. The lowest BCUT2D eigenvalue weighted by molar-refractivity contribution is 0.571. The molecule has 0 radical (unpaired) electrons. The Labute approximate surface area is 235 Å². The van der Waals surface area contributed by atoms with E-state index in [1.54, 1.807) is 0 Å². The Hall–Kier alpha value is -2.08. The van der Waals surface area contributed by atoms with Crippen LogP contribution in [0.25, 0.3) is 21.8 Å². The zero-order valence-corrected chi connectivity index (χ0v) is 25.5. The Morgan fingerprint density at radius 1 is 0.861 bits per heavy atom. The van der Waals surface area contributed by atoms with Crippen LogP contribution in [0.2, 0.25) is 0 Å². The van der Waals surface area contributed by atoms with Gasteiger partial charge in [-0.05, 0) is 96.2 Å². The van der Waals surface area contributed by atoms with E-state index in [1.807, 2.05) is 24.3 Å². The molecule has 3 nitrogen and oxygen atoms in total. The summed E-state index contributed by atoms with van der Waals surface area (Å²) in [6.07, 6.45) is 0. The van der Waals surface area contributed by atoms with E-state index in [9.17, 15) is 0 Å². The molecule has 4 aromatic carbocycles. The summed E-state index contributed by atoms with van der Waals surface area (Å²) in [6.45, 7) is 9.86. The zero-order chi connectivity index (χ0) is 25.5. The Morgan fingerprint density at radius 2 is 1.58 bits per heavy atom. The van der Waals surface area contributed by atoms with Gasteiger partial charge in [-0.3, -0.25) is 0 Å². The maximum Gasteiger partial charge on any atom is 0.173 e. The fourth-order valence-electron chi connectivity index (χ4n) is 4.72. The summed E-state index contributed by atoms with van der Waals surface area (Å²) in [5.74, 6) is 0.818. The third-order valence-corrected chi connectivity index (χ3v) is 11.4. The number of hydrogen-bond acceptors (Lipinski definition) is 2. The Morgan fingerprint density at radius 3 is 2.28 bits per heavy atom. The van der Waals surface area contributed by atoms with Crippen molar-refractivity contribution >= 4 is 78.6 Å². The molecule has 184 valence electrons. The van der Waals surface area contributed by atoms with Crippen LogP contribution in [0, 0.1) is 3.57 Å². The molecule has 0 saturated carbocycles. The number of aromatic nitrogens is 1. The molecule has 5 aromatic rings. The first-order valence-corrected chi connectivity index (χ1v) is 15.6. The molecule has 0 aliphatic carbocycles. The van der Waals surface area contributed by atoms with Gasteiger partial charge >= 0.3 is 0 Å². The maximum absolute atomic E-state index is 7.07. The van der Waals surface area contributed by atoms with Crippen LogP contribution >= 0.6 is 45.8 Å². The molecule has 0 amide bonds. The number of nitrogens with zero attached hydrogens (tertiary/aromatic N) is 2. The molecule has 5 rings (SSSR count). The van der Waals surface area contributed by atoms with Gasteiger partial charge in [-0.1, -0.05) is 61.0 Å². The van der Waals surface area contributed by atoms with Crippen LogP contribution < -0.4 is 9.83 Å². The molecule has 1 aromatic heterocycles. The highest BCUT2D eigenvalue weighted by Crippen LogP contribution is 2.62. The molecule has 1 atom stereocenters. The van der Waals surface area contributed by atoms with Gasteiger partial charge in [0.05, 0.1) is 5.69 Å². The third kappa shape index (κ3) is 4.66. The highest BCUT2D eigenvalue weighted by molar-refractivity contribution is 14.1. The summed E-state index contributed by atoms with van der Waals surface area (Å²) in [5, 5.41) is 3.39. The number of hydrogen-bond donors (Lipinski definition) is 0. The normalized spacial score (nSPS) is 13.6. The van der Waals surface area contributed by atoms with Gasteiger partial charge in [0, 0.05) is 46.9 Å². The summed E-state index contributed by atoms with van der Waals surface area (Å²) in [4.78, 5) is 0. The third-order valence-electron chi connectivity index (χ3n) is 6.45. The van der Waals surface area contributed by atoms with Crippen molar-refractivity contribution in [2.75, 3.05) is 0 Å². The van der Waals surface area contributed by atoms with E-state index in [4.69, 9.17) is 9.27 Å². The standard InChI is InChI=1S/C30H29BrIN2OP/c1-5-34-28-12-7-6-11-26(28)27-20-25(17-18-29(27)34)36(30(2,3)4,33-23-15-13-22(32)14-16-23)35-24-10-8-9-21(31)19-24/h6-20H,5H2,1-4H3/t36-/m1/s1. The highest BCUT2D eigenvalue weighted by Gasteiger charge is 2.39. The molecule has 0 N–H and O–H groups in total. The summed E-state index contributed by atoms with van der Waals surface area (Å²) in [6, 6.07) is 32.0. The molecule has 0 bridgehead atoms. The molecule has 0 aliphatic rings. The van der Waals surface area contributed by atoms with Gasteiger partial charge in [0.15, 0.2) is 7.28 Å². The molecule has 0 spiro atoms. The predicted molar refractivity (Wildman–Crippen MR) is 167 cm³/mol. The SMILES string of the molecule is CCn1c2ccccc2c2cc([P@@](=Nc3ccc(I)cc3)(Oc3cccc(Br)c3)C(C)(C)C)ccc21. The lowest BCUT2D eigenvalue weighted by Gasteiger charge is -2.37. The number of fused-ring (bicyclic) bond motifs is 3. The smallest absolute Gasteiger partial charge is 0.173 e. The first-order chi connectivity index (χ1) is 17.2. The van der Waals surface area contributed by atoms with Crippen LogP contribution in [-0.2, 0) is 6.54 Å². The van der Waals surface area contributed by atoms with E-state index in [0.717, 1.165) is 27.8 Å². The molecule has 1 heterocycles. The minimum Gasteiger partial charge on any atom is -0.455 e. The van der Waals surface area contributed by atoms with E-state index in [1.165, 1.54) is 25.4 Å². The monoisotopic (exact) mass is 670 g/mol. The van der Waals surface area contributed by atoms with Crippen LogP contribution in [0.1, 0.15) is 27.7 Å². The number of rotatable bonds is 5. The fourth-order valence-corrected chi connectivity index (χ4v) is 8.53. The molecule has 0 aliphatic heterocycles. The molecule has 36 heavy (non-hydrogen) atoms. The Balaban J connectivity index is 1.84. The van der Waals surface area contributed by atoms with Crippen molar-refractivity contribution in [1.82, 2.24) is 4.57 Å². The van der Waals surface area contributed by atoms with Crippen LogP contribution in [-0.4, -0.2) is 9.72 Å². The van der Waals surface area contributed by atoms with Crippen LogP contribution in [0.15, 0.2) is 100 Å².